The van der Waals surface area contributed by atoms with Crippen molar-refractivity contribution in [3.05, 3.63) is 59.7 Å². The molecule has 2 rings (SSSR count). The first kappa shape index (κ1) is 11.4. The molecule has 0 spiro atoms. The molecule has 0 aliphatic rings. The maximum Gasteiger partial charge on any atom is 0.251 e. The Morgan fingerprint density at radius 2 is 2.18 bits per heavy atom. The standard InChI is InChI=1S/C13H13FN2O/c1-16-7-3-6-12(16)9-15-13(17)10-4-2-5-11(14)8-10/h2-8H,9H2,1H3,(H,15,17). The van der Waals surface area contributed by atoms with Crippen LogP contribution in [0.3, 0.4) is 0 Å². The molecular formula is C13H13FN2O. The first-order valence-electron chi connectivity index (χ1n) is 5.31. The van der Waals surface area contributed by atoms with E-state index < -0.39 is 5.82 Å². The second-order valence-corrected chi connectivity index (χ2v) is 3.80. The number of nitrogens with zero attached hydrogens (tertiary/aromatic N) is 1. The summed E-state index contributed by atoms with van der Waals surface area (Å²) in [5.74, 6) is -0.679. The van der Waals surface area contributed by atoms with Gasteiger partial charge in [0.1, 0.15) is 5.82 Å². The van der Waals surface area contributed by atoms with E-state index in [0.717, 1.165) is 5.69 Å². The monoisotopic (exact) mass is 232 g/mol. The highest BCUT2D eigenvalue weighted by Gasteiger charge is 2.06. The van der Waals surface area contributed by atoms with Crippen LogP contribution in [0.5, 0.6) is 0 Å². The highest BCUT2D eigenvalue weighted by atomic mass is 19.1. The number of carbonyl (C=O) groups is 1. The van der Waals surface area contributed by atoms with Crippen molar-refractivity contribution in [1.82, 2.24) is 9.88 Å². The molecule has 4 heteroatoms. The Hall–Kier alpha value is -2.10. The highest BCUT2D eigenvalue weighted by molar-refractivity contribution is 5.94. The topological polar surface area (TPSA) is 34.0 Å². The summed E-state index contributed by atoms with van der Waals surface area (Å²) in [6, 6.07) is 9.47. The Bertz CT molecular complexity index is 534. The Morgan fingerprint density at radius 1 is 1.35 bits per heavy atom. The van der Waals surface area contributed by atoms with Gasteiger partial charge >= 0.3 is 0 Å². The number of aromatic nitrogens is 1. The summed E-state index contributed by atoms with van der Waals surface area (Å²) in [6.45, 7) is 0.429. The number of amides is 1. The predicted molar refractivity (Wildman–Crippen MR) is 63.0 cm³/mol. The van der Waals surface area contributed by atoms with E-state index in [4.69, 9.17) is 0 Å². The molecule has 88 valence electrons. The number of carbonyl (C=O) groups excluding carboxylic acids is 1. The molecular weight excluding hydrogens is 219 g/mol. The average molecular weight is 232 g/mol. The van der Waals surface area contributed by atoms with E-state index >= 15 is 0 Å². The maximum atomic E-state index is 12.9. The lowest BCUT2D eigenvalue weighted by Crippen LogP contribution is -2.23. The fourth-order valence-corrected chi connectivity index (χ4v) is 1.58. The summed E-state index contributed by atoms with van der Waals surface area (Å²) in [4.78, 5) is 11.7. The predicted octanol–water partition coefficient (Wildman–Crippen LogP) is 2.09. The van der Waals surface area contributed by atoms with Crippen LogP contribution < -0.4 is 5.32 Å². The molecule has 2 aromatic rings. The molecule has 1 N–H and O–H groups in total. The minimum atomic E-state index is -0.406. The van der Waals surface area contributed by atoms with Gasteiger partial charge < -0.3 is 9.88 Å². The van der Waals surface area contributed by atoms with Crippen molar-refractivity contribution in [2.45, 2.75) is 6.54 Å². The molecule has 0 atom stereocenters. The van der Waals surface area contributed by atoms with Crippen molar-refractivity contribution in [2.24, 2.45) is 7.05 Å². The van der Waals surface area contributed by atoms with E-state index in [1.807, 2.05) is 29.9 Å². The quantitative estimate of drug-likeness (QED) is 0.863. The number of nitrogens with one attached hydrogen (secondary N) is 1. The van der Waals surface area contributed by atoms with Gasteiger partial charge in [-0.1, -0.05) is 6.07 Å². The molecule has 0 fully saturated rings. The summed E-state index contributed by atoms with van der Waals surface area (Å²) in [6.07, 6.45) is 1.91. The number of rotatable bonds is 3. The Balaban J connectivity index is 2.01. The number of aryl methyl sites for hydroxylation is 1. The maximum absolute atomic E-state index is 12.9. The van der Waals surface area contributed by atoms with E-state index in [2.05, 4.69) is 5.32 Å². The van der Waals surface area contributed by atoms with Gasteiger partial charge in [0.2, 0.25) is 0 Å². The second kappa shape index (κ2) is 4.82. The fourth-order valence-electron chi connectivity index (χ4n) is 1.58. The molecule has 0 aliphatic carbocycles. The molecule has 0 radical (unpaired) electrons. The van der Waals surface area contributed by atoms with Gasteiger partial charge in [0.15, 0.2) is 0 Å². The van der Waals surface area contributed by atoms with Crippen molar-refractivity contribution in [1.29, 1.82) is 0 Å². The zero-order valence-electron chi connectivity index (χ0n) is 9.48. The van der Waals surface area contributed by atoms with Crippen LogP contribution >= 0.6 is 0 Å². The van der Waals surface area contributed by atoms with E-state index in [-0.39, 0.29) is 5.91 Å². The van der Waals surface area contributed by atoms with Crippen LogP contribution in [-0.2, 0) is 13.6 Å². The SMILES string of the molecule is Cn1cccc1CNC(=O)c1cccc(F)c1. The smallest absolute Gasteiger partial charge is 0.251 e. The average Bonchev–Trinajstić information content (AvgIpc) is 2.72. The number of hydrogen-bond acceptors (Lipinski definition) is 1. The summed E-state index contributed by atoms with van der Waals surface area (Å²) >= 11 is 0. The lowest BCUT2D eigenvalue weighted by atomic mass is 10.2. The molecule has 0 bridgehead atoms. The molecule has 0 aliphatic heterocycles. The largest absolute Gasteiger partial charge is 0.353 e. The summed E-state index contributed by atoms with van der Waals surface area (Å²) < 4.78 is 14.8. The van der Waals surface area contributed by atoms with Crippen LogP contribution in [0.2, 0.25) is 0 Å². The van der Waals surface area contributed by atoms with Crippen molar-refractivity contribution in [3.8, 4) is 0 Å². The molecule has 0 saturated heterocycles. The summed E-state index contributed by atoms with van der Waals surface area (Å²) in [5.41, 5.74) is 1.33. The van der Waals surface area contributed by atoms with E-state index in [1.165, 1.54) is 18.2 Å². The molecule has 1 aromatic heterocycles. The molecule has 3 nitrogen and oxygen atoms in total. The van der Waals surface area contributed by atoms with Crippen LogP contribution in [0.15, 0.2) is 42.6 Å². The highest BCUT2D eigenvalue weighted by Crippen LogP contribution is 2.04. The fraction of sp³-hybridized carbons (Fsp3) is 0.154. The van der Waals surface area contributed by atoms with Crippen molar-refractivity contribution in [2.75, 3.05) is 0 Å². The number of hydrogen-bond donors (Lipinski definition) is 1. The third-order valence-corrected chi connectivity index (χ3v) is 2.57. The van der Waals surface area contributed by atoms with Crippen LogP contribution in [-0.4, -0.2) is 10.5 Å². The third kappa shape index (κ3) is 2.72. The first-order chi connectivity index (χ1) is 8.16. The van der Waals surface area contributed by atoms with Crippen LogP contribution in [0, 0.1) is 5.82 Å². The van der Waals surface area contributed by atoms with Gasteiger partial charge in [-0.2, -0.15) is 0 Å². The van der Waals surface area contributed by atoms with Gasteiger partial charge in [0.05, 0.1) is 6.54 Å². The van der Waals surface area contributed by atoms with Gasteiger partial charge in [-0.25, -0.2) is 4.39 Å². The van der Waals surface area contributed by atoms with Crippen LogP contribution in [0.4, 0.5) is 4.39 Å². The molecule has 17 heavy (non-hydrogen) atoms. The van der Waals surface area contributed by atoms with Crippen LogP contribution in [0.25, 0.3) is 0 Å². The van der Waals surface area contributed by atoms with E-state index in [9.17, 15) is 9.18 Å². The molecule has 0 saturated carbocycles. The zero-order valence-corrected chi connectivity index (χ0v) is 9.48. The normalized spacial score (nSPS) is 10.2. The van der Waals surface area contributed by atoms with Crippen molar-refractivity contribution >= 4 is 5.91 Å². The second-order valence-electron chi connectivity index (χ2n) is 3.80. The van der Waals surface area contributed by atoms with E-state index in [0.29, 0.717) is 12.1 Å². The third-order valence-electron chi connectivity index (χ3n) is 2.57. The summed E-state index contributed by atoms with van der Waals surface area (Å²) in [7, 11) is 1.91. The molecule has 1 amide bonds. The molecule has 0 unspecified atom stereocenters. The van der Waals surface area contributed by atoms with Gasteiger partial charge in [-0.05, 0) is 30.3 Å². The minimum Gasteiger partial charge on any atom is -0.353 e. The Labute approximate surface area is 98.9 Å². The van der Waals surface area contributed by atoms with E-state index in [1.54, 1.807) is 6.07 Å². The van der Waals surface area contributed by atoms with Gasteiger partial charge in [-0.15, -0.1) is 0 Å². The number of benzene rings is 1. The summed E-state index contributed by atoms with van der Waals surface area (Å²) in [5, 5.41) is 2.74. The first-order valence-corrected chi connectivity index (χ1v) is 5.31. The molecule has 1 heterocycles. The van der Waals surface area contributed by atoms with Gasteiger partial charge in [0.25, 0.3) is 5.91 Å². The zero-order chi connectivity index (χ0) is 12.3. The lowest BCUT2D eigenvalue weighted by molar-refractivity contribution is 0.0949. The Kier molecular flexibility index (Phi) is 3.23. The molecule has 1 aromatic carbocycles. The van der Waals surface area contributed by atoms with Gasteiger partial charge in [0, 0.05) is 24.5 Å². The number of halogens is 1. The Morgan fingerprint density at radius 3 is 2.82 bits per heavy atom. The minimum absolute atomic E-state index is 0.272. The van der Waals surface area contributed by atoms with Crippen molar-refractivity contribution in [3.63, 3.8) is 0 Å². The van der Waals surface area contributed by atoms with Crippen molar-refractivity contribution < 1.29 is 9.18 Å². The van der Waals surface area contributed by atoms with Crippen LogP contribution in [0.1, 0.15) is 16.1 Å². The van der Waals surface area contributed by atoms with Gasteiger partial charge in [-0.3, -0.25) is 4.79 Å². The lowest BCUT2D eigenvalue weighted by Gasteiger charge is -2.06.